The van der Waals surface area contributed by atoms with E-state index in [1.165, 1.54) is 6.33 Å². The van der Waals surface area contributed by atoms with Crippen molar-refractivity contribution in [1.29, 1.82) is 0 Å². The van der Waals surface area contributed by atoms with Gasteiger partial charge in [-0.3, -0.25) is 4.79 Å². The molecular weight excluding hydrogens is 330 g/mol. The van der Waals surface area contributed by atoms with Crippen LogP contribution in [0, 0.1) is 0 Å². The standard InChI is InChI=1S/C13H17BCl2N2O4/c1-12(2)13(3,4)22-14(21-12)7(5-8(19)20)9-10(15)17-6-18-11(9)16/h6-7H,5H2,1-4H3,(H,19,20). The van der Waals surface area contributed by atoms with Crippen LogP contribution in [0.1, 0.15) is 45.5 Å². The Labute approximate surface area is 139 Å². The fraction of sp³-hybridized carbons (Fsp3) is 0.615. The molecule has 1 aliphatic rings. The molecule has 1 atom stereocenters. The third-order valence-corrected chi connectivity index (χ3v) is 4.75. The zero-order chi connectivity index (χ0) is 16.7. The summed E-state index contributed by atoms with van der Waals surface area (Å²) in [4.78, 5) is 19.0. The molecule has 0 spiro atoms. The quantitative estimate of drug-likeness (QED) is 0.666. The fourth-order valence-corrected chi connectivity index (χ4v) is 2.83. The van der Waals surface area contributed by atoms with Gasteiger partial charge in [-0.05, 0) is 27.7 Å². The molecule has 1 N–H and O–H groups in total. The van der Waals surface area contributed by atoms with E-state index in [1.54, 1.807) is 0 Å². The van der Waals surface area contributed by atoms with E-state index in [-0.39, 0.29) is 16.7 Å². The van der Waals surface area contributed by atoms with Gasteiger partial charge >= 0.3 is 13.1 Å². The van der Waals surface area contributed by atoms with Gasteiger partial charge in [-0.1, -0.05) is 23.2 Å². The molecule has 120 valence electrons. The number of nitrogens with zero attached hydrogens (tertiary/aromatic N) is 2. The smallest absolute Gasteiger partial charge is 0.466 e. The van der Waals surface area contributed by atoms with Crippen molar-refractivity contribution in [2.45, 2.75) is 51.1 Å². The molecule has 9 heteroatoms. The maximum Gasteiger partial charge on any atom is 0.466 e. The molecule has 0 aromatic carbocycles. The summed E-state index contributed by atoms with van der Waals surface area (Å²) < 4.78 is 11.9. The van der Waals surface area contributed by atoms with E-state index in [1.807, 2.05) is 27.7 Å². The number of carbonyl (C=O) groups is 1. The van der Waals surface area contributed by atoms with Crippen LogP contribution in [0.2, 0.25) is 10.3 Å². The molecule has 1 unspecified atom stereocenters. The van der Waals surface area contributed by atoms with Gasteiger partial charge in [0.2, 0.25) is 0 Å². The Kier molecular flexibility index (Phi) is 4.73. The molecule has 1 aromatic heterocycles. The second-order valence-electron chi connectivity index (χ2n) is 6.20. The van der Waals surface area contributed by atoms with Crippen LogP contribution < -0.4 is 0 Å². The number of halogens is 2. The molecule has 1 aliphatic heterocycles. The maximum atomic E-state index is 11.2. The van der Waals surface area contributed by atoms with Crippen LogP contribution in [0.25, 0.3) is 0 Å². The first-order valence-corrected chi connectivity index (χ1v) is 7.54. The molecule has 1 fully saturated rings. The summed E-state index contributed by atoms with van der Waals surface area (Å²) in [6.07, 6.45) is 0.958. The van der Waals surface area contributed by atoms with Crippen LogP contribution in [0.4, 0.5) is 0 Å². The van der Waals surface area contributed by atoms with E-state index in [0.717, 1.165) is 0 Å². The lowest BCUT2D eigenvalue weighted by molar-refractivity contribution is -0.137. The van der Waals surface area contributed by atoms with Gasteiger partial charge in [-0.25, -0.2) is 9.97 Å². The van der Waals surface area contributed by atoms with Gasteiger partial charge in [0.15, 0.2) is 0 Å². The molecular formula is C13H17BCl2N2O4. The summed E-state index contributed by atoms with van der Waals surface area (Å²) in [5.74, 6) is -1.73. The highest BCUT2D eigenvalue weighted by Gasteiger charge is 2.55. The Hall–Kier alpha value is -0.885. The molecule has 6 nitrogen and oxygen atoms in total. The molecule has 22 heavy (non-hydrogen) atoms. The lowest BCUT2D eigenvalue weighted by Crippen LogP contribution is -2.41. The van der Waals surface area contributed by atoms with Gasteiger partial charge in [0.1, 0.15) is 16.6 Å². The Morgan fingerprint density at radius 2 is 1.68 bits per heavy atom. The molecule has 0 saturated carbocycles. The Morgan fingerprint density at radius 1 is 1.23 bits per heavy atom. The summed E-state index contributed by atoms with van der Waals surface area (Å²) in [6, 6.07) is 0. The highest BCUT2D eigenvalue weighted by molar-refractivity contribution is 6.49. The number of carboxylic acid groups (broad SMARTS) is 1. The summed E-state index contributed by atoms with van der Waals surface area (Å²) in [6.45, 7) is 7.54. The van der Waals surface area contributed by atoms with Gasteiger partial charge in [0.25, 0.3) is 0 Å². The van der Waals surface area contributed by atoms with Gasteiger partial charge in [0, 0.05) is 11.4 Å². The number of rotatable bonds is 4. The Bertz CT molecular complexity index is 561. The normalized spacial score (nSPS) is 20.9. The summed E-state index contributed by atoms with van der Waals surface area (Å²) in [5.41, 5.74) is -0.863. The molecule has 1 saturated heterocycles. The van der Waals surface area contributed by atoms with E-state index >= 15 is 0 Å². The molecule has 1 aromatic rings. The highest BCUT2D eigenvalue weighted by Crippen LogP contribution is 2.43. The number of hydrogen-bond acceptors (Lipinski definition) is 5. The zero-order valence-electron chi connectivity index (χ0n) is 12.8. The average molecular weight is 347 g/mol. The molecule has 0 amide bonds. The average Bonchev–Trinajstić information content (AvgIpc) is 2.56. The third-order valence-electron chi connectivity index (χ3n) is 4.15. The fourth-order valence-electron chi connectivity index (χ4n) is 2.24. The third kappa shape index (κ3) is 3.22. The molecule has 2 heterocycles. The van der Waals surface area contributed by atoms with Gasteiger partial charge < -0.3 is 14.4 Å². The van der Waals surface area contributed by atoms with Crippen LogP contribution in [0.5, 0.6) is 0 Å². The minimum atomic E-state index is -1.02. The van der Waals surface area contributed by atoms with Crippen molar-refractivity contribution < 1.29 is 19.2 Å². The minimum absolute atomic E-state index is 0.0981. The lowest BCUT2D eigenvalue weighted by atomic mass is 9.66. The number of aliphatic carboxylic acids is 1. The van der Waals surface area contributed by atoms with E-state index in [9.17, 15) is 9.90 Å². The lowest BCUT2D eigenvalue weighted by Gasteiger charge is -2.32. The van der Waals surface area contributed by atoms with Gasteiger partial charge in [-0.15, -0.1) is 0 Å². The van der Waals surface area contributed by atoms with Crippen molar-refractivity contribution in [2.75, 3.05) is 0 Å². The van der Waals surface area contributed by atoms with Crippen LogP contribution in [0.15, 0.2) is 6.33 Å². The number of hydrogen-bond donors (Lipinski definition) is 1. The molecule has 0 aliphatic carbocycles. The minimum Gasteiger partial charge on any atom is -0.481 e. The Balaban J connectivity index is 2.43. The highest BCUT2D eigenvalue weighted by atomic mass is 35.5. The van der Waals surface area contributed by atoms with E-state index in [4.69, 9.17) is 32.5 Å². The topological polar surface area (TPSA) is 81.5 Å². The summed E-state index contributed by atoms with van der Waals surface area (Å²) in [5, 5.41) is 9.41. The second-order valence-corrected chi connectivity index (χ2v) is 6.91. The van der Waals surface area contributed by atoms with Crippen molar-refractivity contribution in [3.8, 4) is 0 Å². The van der Waals surface area contributed by atoms with Crippen molar-refractivity contribution >= 4 is 36.3 Å². The van der Waals surface area contributed by atoms with Crippen LogP contribution in [-0.4, -0.2) is 39.4 Å². The van der Waals surface area contributed by atoms with Crippen LogP contribution in [-0.2, 0) is 14.1 Å². The van der Waals surface area contributed by atoms with Crippen molar-refractivity contribution in [2.24, 2.45) is 0 Å². The van der Waals surface area contributed by atoms with E-state index in [0.29, 0.717) is 5.56 Å². The first-order chi connectivity index (χ1) is 10.0. The van der Waals surface area contributed by atoms with E-state index < -0.39 is 30.1 Å². The van der Waals surface area contributed by atoms with E-state index in [2.05, 4.69) is 9.97 Å². The summed E-state index contributed by atoms with van der Waals surface area (Å²) >= 11 is 12.2. The predicted octanol–water partition coefficient (Wildman–Crippen LogP) is 2.97. The van der Waals surface area contributed by atoms with Crippen molar-refractivity contribution in [1.82, 2.24) is 9.97 Å². The maximum absolute atomic E-state index is 11.2. The number of carboxylic acids is 1. The monoisotopic (exact) mass is 346 g/mol. The second kappa shape index (κ2) is 5.96. The van der Waals surface area contributed by atoms with Crippen molar-refractivity contribution in [3.63, 3.8) is 0 Å². The largest absolute Gasteiger partial charge is 0.481 e. The predicted molar refractivity (Wildman–Crippen MR) is 83.1 cm³/mol. The SMILES string of the molecule is CC1(C)OB(C(CC(=O)O)c2c(Cl)ncnc2Cl)OC1(C)C. The molecule has 0 bridgehead atoms. The first kappa shape index (κ1) is 17.5. The van der Waals surface area contributed by atoms with Crippen molar-refractivity contribution in [3.05, 3.63) is 22.2 Å². The molecule has 0 radical (unpaired) electrons. The van der Waals surface area contributed by atoms with Crippen LogP contribution in [0.3, 0.4) is 0 Å². The summed E-state index contributed by atoms with van der Waals surface area (Å²) in [7, 11) is -0.804. The van der Waals surface area contributed by atoms with Crippen LogP contribution >= 0.6 is 23.2 Å². The van der Waals surface area contributed by atoms with Gasteiger partial charge in [0.05, 0.1) is 17.6 Å². The first-order valence-electron chi connectivity index (χ1n) is 6.78. The number of aromatic nitrogens is 2. The zero-order valence-corrected chi connectivity index (χ0v) is 14.3. The molecule has 2 rings (SSSR count). The van der Waals surface area contributed by atoms with Gasteiger partial charge in [-0.2, -0.15) is 0 Å². The Morgan fingerprint density at radius 3 is 2.09 bits per heavy atom.